The Bertz CT molecular complexity index is 1260. The van der Waals surface area contributed by atoms with Crippen molar-refractivity contribution >= 4 is 32.8 Å². The number of alkyl halides is 2. The van der Waals surface area contributed by atoms with Crippen molar-refractivity contribution in [1.29, 1.82) is 0 Å². The van der Waals surface area contributed by atoms with Crippen molar-refractivity contribution in [2.24, 2.45) is 0 Å². The normalized spacial score (nSPS) is 16.6. The second-order valence-corrected chi connectivity index (χ2v) is 11.0. The quantitative estimate of drug-likeness (QED) is 0.323. The van der Waals surface area contributed by atoms with Crippen molar-refractivity contribution in [2.45, 2.75) is 61.8 Å². The van der Waals surface area contributed by atoms with Crippen LogP contribution in [0.3, 0.4) is 0 Å². The zero-order valence-corrected chi connectivity index (χ0v) is 21.3. The molecule has 1 aromatic heterocycles. The molecule has 0 N–H and O–H groups in total. The van der Waals surface area contributed by atoms with Crippen LogP contribution in [0.25, 0.3) is 11.0 Å². The van der Waals surface area contributed by atoms with Crippen LogP contribution < -0.4 is 4.74 Å². The van der Waals surface area contributed by atoms with Gasteiger partial charge in [0, 0.05) is 31.0 Å². The molecule has 0 aliphatic carbocycles. The van der Waals surface area contributed by atoms with Crippen LogP contribution in [0.4, 0.5) is 8.78 Å². The molecule has 11 heteroatoms. The molecule has 2 aromatic carbocycles. The average Bonchev–Trinajstić information content (AvgIpc) is 3.46. The second-order valence-electron chi connectivity index (χ2n) is 8.15. The topological polar surface area (TPSA) is 73.7 Å². The maximum Gasteiger partial charge on any atom is 0.387 e. The monoisotopic (exact) mass is 525 g/mol. The number of hydrogen-bond donors (Lipinski definition) is 0. The Balaban J connectivity index is 1.68. The summed E-state index contributed by atoms with van der Waals surface area (Å²) in [5, 5.41) is 0.666. The van der Waals surface area contributed by atoms with Gasteiger partial charge < -0.3 is 14.0 Å². The van der Waals surface area contributed by atoms with Gasteiger partial charge in [-0.1, -0.05) is 43.8 Å². The van der Waals surface area contributed by atoms with Crippen LogP contribution in [0.5, 0.6) is 5.75 Å². The average molecular weight is 526 g/mol. The number of para-hydroxylation sites is 1. The number of imidazole rings is 1. The molecule has 1 saturated heterocycles. The van der Waals surface area contributed by atoms with Gasteiger partial charge in [0.05, 0.1) is 28.6 Å². The number of aromatic nitrogens is 2. The number of rotatable bonds is 11. The van der Waals surface area contributed by atoms with Gasteiger partial charge in [-0.15, -0.1) is 0 Å². The summed E-state index contributed by atoms with van der Waals surface area (Å²) >= 11 is 1.39. The number of benzene rings is 2. The number of nitrogens with zero attached hydrogens (tertiary/aromatic N) is 3. The Hall–Kier alpha value is -2.21. The van der Waals surface area contributed by atoms with Crippen molar-refractivity contribution in [3.63, 3.8) is 0 Å². The Labute approximate surface area is 208 Å². The molecule has 1 aliphatic heterocycles. The van der Waals surface area contributed by atoms with Gasteiger partial charge in [0.2, 0.25) is 10.0 Å². The lowest BCUT2D eigenvalue weighted by atomic mass is 10.2. The van der Waals surface area contributed by atoms with E-state index >= 15 is 0 Å². The summed E-state index contributed by atoms with van der Waals surface area (Å²) < 4.78 is 65.7. The number of halogens is 2. The van der Waals surface area contributed by atoms with Crippen molar-refractivity contribution in [3.8, 4) is 5.75 Å². The van der Waals surface area contributed by atoms with Crippen LogP contribution in [0.1, 0.15) is 32.3 Å². The maximum absolute atomic E-state index is 13.0. The van der Waals surface area contributed by atoms with Crippen molar-refractivity contribution in [2.75, 3.05) is 19.7 Å². The Morgan fingerprint density at radius 2 is 2.00 bits per heavy atom. The molecule has 1 atom stereocenters. The maximum atomic E-state index is 13.0. The fraction of sp³-hybridized carbons (Fsp3) is 0.458. The second kappa shape index (κ2) is 11.2. The standard InChI is InChI=1S/C24H29F2N3O4S2/c1-3-28(4-2)35(30,31)19-11-12-21-20(14-19)27-24(29(21)15-18-9-7-13-32-18)34-16-17-8-5-6-10-22(17)33-23(25)26/h5-6,8,10-12,14,18,23H,3-4,7,9,13,15-16H2,1-2H3. The third kappa shape index (κ3) is 5.79. The first-order chi connectivity index (χ1) is 16.8. The third-order valence-corrected chi connectivity index (χ3v) is 9.05. The minimum atomic E-state index is -3.63. The van der Waals surface area contributed by atoms with E-state index in [0.717, 1.165) is 18.4 Å². The lowest BCUT2D eigenvalue weighted by Crippen LogP contribution is -2.30. The number of ether oxygens (including phenoxy) is 2. The van der Waals surface area contributed by atoms with E-state index in [2.05, 4.69) is 4.74 Å². The fourth-order valence-corrected chi connectivity index (χ4v) is 6.71. The molecule has 0 spiro atoms. The Kier molecular flexibility index (Phi) is 8.31. The van der Waals surface area contributed by atoms with Crippen molar-refractivity contribution < 1.29 is 26.7 Å². The number of fused-ring (bicyclic) bond motifs is 1. The van der Waals surface area contributed by atoms with E-state index < -0.39 is 16.6 Å². The third-order valence-electron chi connectivity index (χ3n) is 5.98. The first-order valence-corrected chi connectivity index (χ1v) is 14.0. The molecule has 1 aliphatic rings. The highest BCUT2D eigenvalue weighted by atomic mass is 32.2. The summed E-state index contributed by atoms with van der Waals surface area (Å²) in [6.45, 7) is 2.76. The predicted molar refractivity (Wildman–Crippen MR) is 131 cm³/mol. The molecule has 7 nitrogen and oxygen atoms in total. The summed E-state index contributed by atoms with van der Waals surface area (Å²) in [4.78, 5) is 4.94. The molecular weight excluding hydrogens is 496 g/mol. The lowest BCUT2D eigenvalue weighted by Gasteiger charge is -2.18. The smallest absolute Gasteiger partial charge is 0.387 e. The van der Waals surface area contributed by atoms with Gasteiger partial charge in [0.25, 0.3) is 0 Å². The van der Waals surface area contributed by atoms with Crippen molar-refractivity contribution in [3.05, 3.63) is 48.0 Å². The first kappa shape index (κ1) is 25.9. The first-order valence-electron chi connectivity index (χ1n) is 11.6. The minimum Gasteiger partial charge on any atom is -0.435 e. The van der Waals surface area contributed by atoms with Gasteiger partial charge in [-0.05, 0) is 37.1 Å². The SMILES string of the molecule is CCN(CC)S(=O)(=O)c1ccc2c(c1)nc(SCc1ccccc1OC(F)F)n2CC1CCCO1. The van der Waals surface area contributed by atoms with Crippen LogP contribution in [-0.4, -0.2) is 54.7 Å². The molecule has 0 radical (unpaired) electrons. The highest BCUT2D eigenvalue weighted by Gasteiger charge is 2.25. The molecule has 35 heavy (non-hydrogen) atoms. The minimum absolute atomic E-state index is 0.0419. The van der Waals surface area contributed by atoms with E-state index in [0.29, 0.717) is 48.2 Å². The van der Waals surface area contributed by atoms with Crippen LogP contribution >= 0.6 is 11.8 Å². The van der Waals surface area contributed by atoms with E-state index in [9.17, 15) is 17.2 Å². The van der Waals surface area contributed by atoms with E-state index in [-0.39, 0.29) is 16.7 Å². The summed E-state index contributed by atoms with van der Waals surface area (Å²) in [5.74, 6) is 0.492. The molecule has 1 unspecified atom stereocenters. The molecule has 190 valence electrons. The molecule has 0 saturated carbocycles. The fourth-order valence-electron chi connectivity index (χ4n) is 4.22. The molecule has 2 heterocycles. The summed E-state index contributed by atoms with van der Waals surface area (Å²) in [6.07, 6.45) is 1.97. The summed E-state index contributed by atoms with van der Waals surface area (Å²) in [6, 6.07) is 11.7. The van der Waals surface area contributed by atoms with E-state index in [4.69, 9.17) is 9.72 Å². The highest BCUT2D eigenvalue weighted by molar-refractivity contribution is 7.98. The molecule has 0 bridgehead atoms. The van der Waals surface area contributed by atoms with Crippen molar-refractivity contribution in [1.82, 2.24) is 13.9 Å². The van der Waals surface area contributed by atoms with Gasteiger partial charge in [-0.25, -0.2) is 13.4 Å². The van der Waals surface area contributed by atoms with E-state index in [1.807, 2.05) is 4.57 Å². The van der Waals surface area contributed by atoms with Gasteiger partial charge in [0.1, 0.15) is 5.75 Å². The number of hydrogen-bond acceptors (Lipinski definition) is 6. The largest absolute Gasteiger partial charge is 0.435 e. The van der Waals surface area contributed by atoms with Crippen LogP contribution in [0.15, 0.2) is 52.5 Å². The Morgan fingerprint density at radius 3 is 2.69 bits per heavy atom. The van der Waals surface area contributed by atoms with E-state index in [1.54, 1.807) is 50.2 Å². The van der Waals surface area contributed by atoms with Gasteiger partial charge >= 0.3 is 6.61 Å². The molecular formula is C24H29F2N3O4S2. The highest BCUT2D eigenvalue weighted by Crippen LogP contribution is 2.33. The summed E-state index contributed by atoms with van der Waals surface area (Å²) in [5.41, 5.74) is 1.99. The van der Waals surface area contributed by atoms with Crippen LogP contribution in [-0.2, 0) is 27.1 Å². The molecule has 0 amide bonds. The summed E-state index contributed by atoms with van der Waals surface area (Å²) in [7, 11) is -3.63. The molecule has 3 aromatic rings. The zero-order valence-electron chi connectivity index (χ0n) is 19.7. The van der Waals surface area contributed by atoms with Gasteiger partial charge in [0.15, 0.2) is 5.16 Å². The Morgan fingerprint density at radius 1 is 1.23 bits per heavy atom. The van der Waals surface area contributed by atoms with Gasteiger partial charge in [-0.3, -0.25) is 0 Å². The zero-order chi connectivity index (χ0) is 25.0. The molecule has 4 rings (SSSR count). The van der Waals surface area contributed by atoms with Crippen LogP contribution in [0.2, 0.25) is 0 Å². The lowest BCUT2D eigenvalue weighted by molar-refractivity contribution is -0.0503. The molecule has 1 fully saturated rings. The predicted octanol–water partition coefficient (Wildman–Crippen LogP) is 5.14. The number of sulfonamides is 1. The van der Waals surface area contributed by atoms with Gasteiger partial charge in [-0.2, -0.15) is 13.1 Å². The number of thioether (sulfide) groups is 1. The van der Waals surface area contributed by atoms with Crippen LogP contribution in [0, 0.1) is 0 Å². The van der Waals surface area contributed by atoms with E-state index in [1.165, 1.54) is 22.1 Å².